The van der Waals surface area contributed by atoms with Crippen molar-refractivity contribution in [2.24, 2.45) is 0 Å². The third-order valence-corrected chi connectivity index (χ3v) is 4.19. The third-order valence-electron chi connectivity index (χ3n) is 4.19. The Balaban J connectivity index is 2.31. The summed E-state index contributed by atoms with van der Waals surface area (Å²) in [6.07, 6.45) is 8.47. The molecule has 0 aliphatic heterocycles. The monoisotopic (exact) mass is 246 g/mol. The zero-order valence-electron chi connectivity index (χ0n) is 10.9. The van der Waals surface area contributed by atoms with Crippen LogP contribution in [0.2, 0.25) is 0 Å². The fourth-order valence-electron chi connectivity index (χ4n) is 3.07. The Morgan fingerprint density at radius 2 is 1.39 bits per heavy atom. The van der Waals surface area contributed by atoms with Crippen LogP contribution in [0.4, 0.5) is 0 Å². The molecule has 0 radical (unpaired) electrons. The Morgan fingerprint density at radius 3 is 1.89 bits per heavy atom. The number of carboxylic acids is 1. The molecule has 0 unspecified atom stereocenters. The van der Waals surface area contributed by atoms with Crippen LogP contribution in [0, 0.1) is 0 Å². The van der Waals surface area contributed by atoms with E-state index in [0.717, 1.165) is 31.2 Å². The molecule has 0 heterocycles. The van der Waals surface area contributed by atoms with Crippen LogP contribution in [0.25, 0.3) is 0 Å². The summed E-state index contributed by atoms with van der Waals surface area (Å²) in [7, 11) is 0. The van der Waals surface area contributed by atoms with Crippen molar-refractivity contribution in [3.8, 4) is 0 Å². The number of aliphatic carboxylic acids is 1. The molecule has 2 heteroatoms. The first-order chi connectivity index (χ1) is 8.76. The fraction of sp³-hybridized carbons (Fsp3) is 0.562. The predicted octanol–water partition coefficient (Wildman–Crippen LogP) is 4.14. The van der Waals surface area contributed by atoms with E-state index >= 15 is 0 Å². The SMILES string of the molecule is O=C(O)C1(c2ccccc2)CCCCCCCC1. The van der Waals surface area contributed by atoms with Crippen molar-refractivity contribution in [3.05, 3.63) is 35.9 Å². The summed E-state index contributed by atoms with van der Waals surface area (Å²) < 4.78 is 0. The summed E-state index contributed by atoms with van der Waals surface area (Å²) in [5.41, 5.74) is 0.338. The van der Waals surface area contributed by atoms with Gasteiger partial charge in [-0.3, -0.25) is 4.79 Å². The van der Waals surface area contributed by atoms with E-state index < -0.39 is 11.4 Å². The molecule has 1 fully saturated rings. The van der Waals surface area contributed by atoms with Crippen LogP contribution in [0.15, 0.2) is 30.3 Å². The van der Waals surface area contributed by atoms with Gasteiger partial charge in [0, 0.05) is 0 Å². The van der Waals surface area contributed by atoms with E-state index in [1.54, 1.807) is 0 Å². The highest BCUT2D eigenvalue weighted by molar-refractivity contribution is 5.81. The van der Waals surface area contributed by atoms with E-state index in [-0.39, 0.29) is 0 Å². The van der Waals surface area contributed by atoms with Crippen molar-refractivity contribution in [2.45, 2.75) is 56.8 Å². The van der Waals surface area contributed by atoms with E-state index in [9.17, 15) is 9.90 Å². The average molecular weight is 246 g/mol. The first-order valence-corrected chi connectivity index (χ1v) is 7.05. The molecule has 0 saturated heterocycles. The molecule has 1 aliphatic carbocycles. The van der Waals surface area contributed by atoms with Gasteiger partial charge in [0.15, 0.2) is 0 Å². The highest BCUT2D eigenvalue weighted by atomic mass is 16.4. The summed E-state index contributed by atoms with van der Waals surface area (Å²) >= 11 is 0. The van der Waals surface area contributed by atoms with Gasteiger partial charge in [0.1, 0.15) is 0 Å². The fourth-order valence-corrected chi connectivity index (χ4v) is 3.07. The lowest BCUT2D eigenvalue weighted by Gasteiger charge is -2.29. The molecule has 1 N–H and O–H groups in total. The smallest absolute Gasteiger partial charge is 0.314 e. The number of carboxylic acid groups (broad SMARTS) is 1. The molecule has 0 spiro atoms. The molecule has 0 aromatic heterocycles. The van der Waals surface area contributed by atoms with Crippen LogP contribution >= 0.6 is 0 Å². The van der Waals surface area contributed by atoms with Crippen LogP contribution < -0.4 is 0 Å². The summed E-state index contributed by atoms with van der Waals surface area (Å²) in [6, 6.07) is 9.81. The standard InChI is InChI=1S/C16H22O2/c17-15(18)16(14-10-6-5-7-11-14)12-8-3-1-2-4-9-13-16/h5-7,10-11H,1-4,8-9,12-13H2,(H,17,18). The molecular weight excluding hydrogens is 224 g/mol. The number of hydrogen-bond acceptors (Lipinski definition) is 1. The second kappa shape index (κ2) is 6.03. The van der Waals surface area contributed by atoms with Crippen LogP contribution in [-0.2, 0) is 10.2 Å². The van der Waals surface area contributed by atoms with Crippen LogP contribution in [0.5, 0.6) is 0 Å². The first-order valence-electron chi connectivity index (χ1n) is 7.05. The molecule has 18 heavy (non-hydrogen) atoms. The highest BCUT2D eigenvalue weighted by Gasteiger charge is 2.39. The number of hydrogen-bond donors (Lipinski definition) is 1. The van der Waals surface area contributed by atoms with Gasteiger partial charge in [0.05, 0.1) is 5.41 Å². The Labute approximate surface area is 109 Å². The van der Waals surface area contributed by atoms with Crippen molar-refractivity contribution in [2.75, 3.05) is 0 Å². The summed E-state index contributed by atoms with van der Waals surface area (Å²) in [4.78, 5) is 11.9. The summed E-state index contributed by atoms with van der Waals surface area (Å²) in [6.45, 7) is 0. The highest BCUT2D eigenvalue weighted by Crippen LogP contribution is 2.37. The lowest BCUT2D eigenvalue weighted by molar-refractivity contribution is -0.144. The second-order valence-electron chi connectivity index (χ2n) is 5.37. The van der Waals surface area contributed by atoms with Gasteiger partial charge in [-0.05, 0) is 18.4 Å². The molecular formula is C16H22O2. The maximum Gasteiger partial charge on any atom is 0.314 e. The van der Waals surface area contributed by atoms with Crippen molar-refractivity contribution in [1.29, 1.82) is 0 Å². The van der Waals surface area contributed by atoms with Gasteiger partial charge in [-0.15, -0.1) is 0 Å². The molecule has 1 aliphatic rings. The van der Waals surface area contributed by atoms with Crippen molar-refractivity contribution >= 4 is 5.97 Å². The molecule has 0 amide bonds. The lowest BCUT2D eigenvalue weighted by Crippen LogP contribution is -2.35. The van der Waals surface area contributed by atoms with E-state index in [2.05, 4.69) is 0 Å². The molecule has 0 bridgehead atoms. The van der Waals surface area contributed by atoms with Crippen molar-refractivity contribution < 1.29 is 9.90 Å². The zero-order chi connectivity index (χ0) is 12.8. The molecule has 2 rings (SSSR count). The maximum atomic E-state index is 11.9. The quantitative estimate of drug-likeness (QED) is 0.851. The predicted molar refractivity (Wildman–Crippen MR) is 72.7 cm³/mol. The topological polar surface area (TPSA) is 37.3 Å². The Morgan fingerprint density at radius 1 is 0.889 bits per heavy atom. The average Bonchev–Trinajstić information content (AvgIpc) is 2.52. The minimum Gasteiger partial charge on any atom is -0.481 e. The van der Waals surface area contributed by atoms with Gasteiger partial charge in [-0.2, -0.15) is 0 Å². The molecule has 1 aromatic rings. The molecule has 1 saturated carbocycles. The van der Waals surface area contributed by atoms with Gasteiger partial charge < -0.3 is 5.11 Å². The van der Waals surface area contributed by atoms with E-state index in [1.165, 1.54) is 25.7 Å². The molecule has 0 atom stereocenters. The third kappa shape index (κ3) is 2.74. The van der Waals surface area contributed by atoms with Crippen LogP contribution in [0.3, 0.4) is 0 Å². The Bertz CT molecular complexity index is 373. The normalized spacial score (nSPS) is 20.4. The van der Waals surface area contributed by atoms with Gasteiger partial charge in [0.2, 0.25) is 0 Å². The van der Waals surface area contributed by atoms with Gasteiger partial charge in [-0.25, -0.2) is 0 Å². The van der Waals surface area contributed by atoms with Gasteiger partial charge >= 0.3 is 5.97 Å². The number of rotatable bonds is 2. The molecule has 98 valence electrons. The van der Waals surface area contributed by atoms with Crippen LogP contribution in [0.1, 0.15) is 56.9 Å². The van der Waals surface area contributed by atoms with Crippen molar-refractivity contribution in [3.63, 3.8) is 0 Å². The van der Waals surface area contributed by atoms with E-state index in [4.69, 9.17) is 0 Å². The van der Waals surface area contributed by atoms with Gasteiger partial charge in [-0.1, -0.05) is 68.9 Å². The maximum absolute atomic E-state index is 11.9. The summed E-state index contributed by atoms with van der Waals surface area (Å²) in [5, 5.41) is 9.75. The van der Waals surface area contributed by atoms with Gasteiger partial charge in [0.25, 0.3) is 0 Å². The minimum atomic E-state index is -0.647. The number of benzene rings is 1. The first kappa shape index (κ1) is 13.1. The lowest BCUT2D eigenvalue weighted by atomic mass is 9.73. The largest absolute Gasteiger partial charge is 0.481 e. The second-order valence-corrected chi connectivity index (χ2v) is 5.37. The Kier molecular flexibility index (Phi) is 4.40. The van der Waals surface area contributed by atoms with E-state index in [0.29, 0.717) is 0 Å². The Hall–Kier alpha value is -1.31. The molecule has 1 aromatic carbocycles. The minimum absolute atomic E-state index is 0.643. The van der Waals surface area contributed by atoms with Crippen molar-refractivity contribution in [1.82, 2.24) is 0 Å². The van der Waals surface area contributed by atoms with E-state index in [1.807, 2.05) is 30.3 Å². The number of carbonyl (C=O) groups is 1. The summed E-state index contributed by atoms with van der Waals surface area (Å²) in [5.74, 6) is -0.643. The van der Waals surface area contributed by atoms with Crippen LogP contribution in [-0.4, -0.2) is 11.1 Å². The molecule has 2 nitrogen and oxygen atoms in total. The zero-order valence-corrected chi connectivity index (χ0v) is 10.9.